The van der Waals surface area contributed by atoms with E-state index in [1.165, 1.54) is 17.4 Å². The molecular weight excluding hydrogens is 382 g/mol. The second-order valence-electron chi connectivity index (χ2n) is 4.92. The average molecular weight is 398 g/mol. The first-order valence-electron chi connectivity index (χ1n) is 6.39. The first kappa shape index (κ1) is 16.9. The quantitative estimate of drug-likeness (QED) is 0.823. The lowest BCUT2D eigenvalue weighted by Crippen LogP contribution is -2.35. The minimum absolute atomic E-state index is 0.00382. The van der Waals surface area contributed by atoms with Gasteiger partial charge in [0.2, 0.25) is 10.0 Å². The molecule has 1 unspecified atom stereocenters. The van der Waals surface area contributed by atoms with Crippen LogP contribution in [0.1, 0.15) is 22.5 Å². The Kier molecular flexibility index (Phi) is 5.42. The molecule has 1 atom stereocenters. The molecule has 1 aromatic heterocycles. The van der Waals surface area contributed by atoms with Crippen molar-refractivity contribution in [3.63, 3.8) is 0 Å². The van der Waals surface area contributed by atoms with Crippen LogP contribution >= 0.6 is 27.3 Å². The van der Waals surface area contributed by atoms with Gasteiger partial charge < -0.3 is 9.84 Å². The van der Waals surface area contributed by atoms with Crippen molar-refractivity contribution in [1.82, 2.24) is 4.31 Å². The van der Waals surface area contributed by atoms with Crippen molar-refractivity contribution in [1.29, 1.82) is 0 Å². The fraction of sp³-hybridized carbons (Fsp3) is 0.583. The molecule has 118 valence electrons. The molecule has 0 aliphatic carbocycles. The Hall–Kier alpha value is -0.480. The van der Waals surface area contributed by atoms with Gasteiger partial charge in [-0.25, -0.2) is 17.5 Å². The number of carboxylic acid groups (broad SMARTS) is 1. The number of hydrogen-bond donors (Lipinski definition) is 1. The summed E-state index contributed by atoms with van der Waals surface area (Å²) in [6.07, 6.45) is 1.87. The molecule has 2 rings (SSSR count). The highest BCUT2D eigenvalue weighted by Gasteiger charge is 2.29. The highest BCUT2D eigenvalue weighted by Crippen LogP contribution is 2.33. The van der Waals surface area contributed by atoms with E-state index in [4.69, 9.17) is 9.84 Å². The highest BCUT2D eigenvalue weighted by atomic mass is 79.9. The molecule has 0 saturated carbocycles. The molecule has 1 N–H and O–H groups in total. The Morgan fingerprint density at radius 1 is 1.62 bits per heavy atom. The number of nitrogens with zero attached hydrogens (tertiary/aromatic N) is 1. The van der Waals surface area contributed by atoms with Crippen LogP contribution in [0.4, 0.5) is 0 Å². The summed E-state index contributed by atoms with van der Waals surface area (Å²) >= 11 is 4.04. The number of thiophene rings is 1. The Morgan fingerprint density at radius 2 is 2.33 bits per heavy atom. The van der Waals surface area contributed by atoms with Crippen molar-refractivity contribution in [3.8, 4) is 0 Å². The van der Waals surface area contributed by atoms with Crippen molar-refractivity contribution >= 4 is 43.3 Å². The van der Waals surface area contributed by atoms with Crippen molar-refractivity contribution in [3.05, 3.63) is 14.7 Å². The van der Waals surface area contributed by atoms with Crippen molar-refractivity contribution in [2.75, 3.05) is 26.8 Å². The van der Waals surface area contributed by atoms with E-state index in [1.54, 1.807) is 0 Å². The predicted octanol–water partition coefficient (Wildman–Crippen LogP) is 2.26. The topological polar surface area (TPSA) is 83.9 Å². The van der Waals surface area contributed by atoms with Gasteiger partial charge in [0.05, 0.1) is 10.4 Å². The number of carboxylic acids is 1. The Labute approximate surface area is 135 Å². The van der Waals surface area contributed by atoms with Gasteiger partial charge in [0.1, 0.15) is 9.77 Å². The molecule has 0 bridgehead atoms. The largest absolute Gasteiger partial charge is 0.477 e. The summed E-state index contributed by atoms with van der Waals surface area (Å²) in [4.78, 5) is 10.9. The molecule has 0 radical (unpaired) electrons. The molecule has 0 amide bonds. The predicted molar refractivity (Wildman–Crippen MR) is 82.3 cm³/mol. The standard InChI is InChI=1S/C12H16BrNO5S2/c1-14(6-8-3-2-4-19-7-8)21(17,18)10-5-9(12(15)16)20-11(10)13/h5,8H,2-4,6-7H2,1H3,(H,15,16). The molecule has 21 heavy (non-hydrogen) atoms. The maximum Gasteiger partial charge on any atom is 0.345 e. The number of ether oxygens (including phenoxy) is 1. The van der Waals surface area contributed by atoms with Gasteiger partial charge in [0.25, 0.3) is 0 Å². The molecule has 1 saturated heterocycles. The van der Waals surface area contributed by atoms with Crippen LogP contribution in [-0.2, 0) is 14.8 Å². The zero-order chi connectivity index (χ0) is 15.6. The second-order valence-corrected chi connectivity index (χ2v) is 9.31. The first-order valence-corrected chi connectivity index (χ1v) is 9.44. The van der Waals surface area contributed by atoms with Gasteiger partial charge in [-0.15, -0.1) is 11.3 Å². The molecule has 1 aliphatic heterocycles. The molecule has 6 nitrogen and oxygen atoms in total. The molecule has 0 spiro atoms. The number of aromatic carboxylic acids is 1. The van der Waals surface area contributed by atoms with Crippen LogP contribution in [0.5, 0.6) is 0 Å². The lowest BCUT2D eigenvalue weighted by atomic mass is 10.0. The number of hydrogen-bond acceptors (Lipinski definition) is 5. The SMILES string of the molecule is CN(CC1CCCOC1)S(=O)(=O)c1cc(C(=O)O)sc1Br. The smallest absolute Gasteiger partial charge is 0.345 e. The van der Waals surface area contributed by atoms with E-state index in [9.17, 15) is 13.2 Å². The third-order valence-corrected chi connectivity index (χ3v) is 7.39. The zero-order valence-electron chi connectivity index (χ0n) is 11.4. The molecular formula is C12H16BrNO5S2. The lowest BCUT2D eigenvalue weighted by Gasteiger charge is -2.26. The monoisotopic (exact) mass is 397 g/mol. The fourth-order valence-corrected chi connectivity index (χ4v) is 5.81. The van der Waals surface area contributed by atoms with Crippen LogP contribution in [0, 0.1) is 5.92 Å². The first-order chi connectivity index (χ1) is 9.82. The van der Waals surface area contributed by atoms with Gasteiger partial charge >= 0.3 is 5.97 Å². The summed E-state index contributed by atoms with van der Waals surface area (Å²) < 4.78 is 32.0. The van der Waals surface area contributed by atoms with Crippen LogP contribution in [0.25, 0.3) is 0 Å². The summed E-state index contributed by atoms with van der Waals surface area (Å²) in [6.45, 7) is 1.66. The van der Waals surface area contributed by atoms with E-state index in [1.807, 2.05) is 0 Å². The third kappa shape index (κ3) is 3.84. The van der Waals surface area contributed by atoms with E-state index in [2.05, 4.69) is 15.9 Å². The molecule has 9 heteroatoms. The normalized spacial score (nSPS) is 19.9. The van der Waals surface area contributed by atoms with Crippen molar-refractivity contribution < 1.29 is 23.1 Å². The van der Waals surface area contributed by atoms with Gasteiger partial charge in [-0.1, -0.05) is 0 Å². The van der Waals surface area contributed by atoms with E-state index in [0.717, 1.165) is 30.8 Å². The number of rotatable bonds is 5. The van der Waals surface area contributed by atoms with Gasteiger partial charge in [0, 0.05) is 20.2 Å². The third-order valence-electron chi connectivity index (χ3n) is 3.32. The van der Waals surface area contributed by atoms with Gasteiger partial charge in [-0.05, 0) is 40.8 Å². The summed E-state index contributed by atoms with van der Waals surface area (Å²) in [5.74, 6) is -0.958. The summed E-state index contributed by atoms with van der Waals surface area (Å²) in [7, 11) is -2.20. The maximum atomic E-state index is 12.5. The lowest BCUT2D eigenvalue weighted by molar-refractivity contribution is 0.0495. The van der Waals surface area contributed by atoms with Gasteiger partial charge in [-0.2, -0.15) is 0 Å². The summed E-state index contributed by atoms with van der Waals surface area (Å²) in [5.41, 5.74) is 0. The van der Waals surface area contributed by atoms with Crippen molar-refractivity contribution in [2.24, 2.45) is 5.92 Å². The van der Waals surface area contributed by atoms with Crippen LogP contribution in [-0.4, -0.2) is 50.6 Å². The Bertz CT molecular complexity index is 622. The maximum absolute atomic E-state index is 12.5. The molecule has 1 aliphatic rings. The fourth-order valence-electron chi connectivity index (χ4n) is 2.21. The van der Waals surface area contributed by atoms with E-state index >= 15 is 0 Å². The van der Waals surface area contributed by atoms with Crippen LogP contribution in [0.3, 0.4) is 0 Å². The van der Waals surface area contributed by atoms with Crippen LogP contribution in [0.2, 0.25) is 0 Å². The minimum Gasteiger partial charge on any atom is -0.477 e. The van der Waals surface area contributed by atoms with Crippen LogP contribution < -0.4 is 0 Å². The highest BCUT2D eigenvalue weighted by molar-refractivity contribution is 9.11. The van der Waals surface area contributed by atoms with Gasteiger partial charge in [0.15, 0.2) is 0 Å². The van der Waals surface area contributed by atoms with E-state index < -0.39 is 16.0 Å². The minimum atomic E-state index is -3.70. The van der Waals surface area contributed by atoms with Crippen molar-refractivity contribution in [2.45, 2.75) is 17.7 Å². The number of carbonyl (C=O) groups is 1. The second kappa shape index (κ2) is 6.74. The van der Waals surface area contributed by atoms with E-state index in [-0.39, 0.29) is 15.7 Å². The molecule has 0 aromatic carbocycles. The zero-order valence-corrected chi connectivity index (χ0v) is 14.6. The molecule has 1 fully saturated rings. The summed E-state index contributed by atoms with van der Waals surface area (Å²) in [5, 5.41) is 8.95. The number of halogens is 1. The Morgan fingerprint density at radius 3 is 2.86 bits per heavy atom. The number of sulfonamides is 1. The molecule has 1 aromatic rings. The van der Waals surface area contributed by atoms with Gasteiger partial charge in [-0.3, -0.25) is 0 Å². The van der Waals surface area contributed by atoms with E-state index in [0.29, 0.717) is 16.9 Å². The Balaban J connectivity index is 2.18. The van der Waals surface area contributed by atoms with Crippen LogP contribution in [0.15, 0.2) is 14.7 Å². The molecule has 2 heterocycles. The summed E-state index contributed by atoms with van der Waals surface area (Å²) in [6, 6.07) is 1.19. The average Bonchev–Trinajstić information content (AvgIpc) is 2.83.